The van der Waals surface area contributed by atoms with Crippen LogP contribution in [-0.4, -0.2) is 53.6 Å². The Morgan fingerprint density at radius 2 is 1.07 bits per heavy atom. The van der Waals surface area contributed by atoms with Gasteiger partial charge in [-0.05, 0) is 13.8 Å². The molecule has 0 saturated carbocycles. The summed E-state index contributed by atoms with van der Waals surface area (Å²) >= 11 is 5.90. The molecule has 40 heavy (non-hydrogen) atoms. The number of ketones is 2. The Labute approximate surface area is 241 Å². The van der Waals surface area contributed by atoms with Gasteiger partial charge in [0.1, 0.15) is 23.6 Å². The number of hydrogen-bond donors (Lipinski definition) is 2. The Hall–Kier alpha value is -2.92. The second kappa shape index (κ2) is 13.6. The van der Waals surface area contributed by atoms with Gasteiger partial charge in [0.05, 0.1) is 11.1 Å². The highest BCUT2D eigenvalue weighted by Crippen LogP contribution is 2.37. The van der Waals surface area contributed by atoms with Crippen LogP contribution in [0.5, 0.6) is 0 Å². The number of hydrogen-bond acceptors (Lipinski definition) is 6. The highest BCUT2D eigenvalue weighted by atomic mass is 79.9. The highest BCUT2D eigenvalue weighted by molar-refractivity contribution is 9.09. The van der Waals surface area contributed by atoms with E-state index in [-0.39, 0.29) is 21.8 Å². The van der Waals surface area contributed by atoms with E-state index in [1.807, 2.05) is 0 Å². The van der Waals surface area contributed by atoms with Crippen LogP contribution in [0.2, 0.25) is 0 Å². The molecule has 0 aliphatic heterocycles. The normalized spacial score (nSPS) is 14.4. The van der Waals surface area contributed by atoms with Crippen molar-refractivity contribution in [2.45, 2.75) is 50.2 Å². The van der Waals surface area contributed by atoms with Crippen molar-refractivity contribution in [3.8, 4) is 0 Å². The molecule has 8 nitrogen and oxygen atoms in total. The van der Waals surface area contributed by atoms with E-state index in [0.717, 1.165) is 12.4 Å². The average Bonchev–Trinajstić information content (AvgIpc) is 2.87. The monoisotopic (exact) mass is 700 g/mol. The minimum atomic E-state index is -4.72. The molecule has 0 aliphatic rings. The van der Waals surface area contributed by atoms with Gasteiger partial charge < -0.3 is 19.9 Å². The lowest BCUT2D eigenvalue weighted by Crippen LogP contribution is -2.38. The van der Waals surface area contributed by atoms with Gasteiger partial charge in [-0.15, -0.1) is 9.97 Å². The molecule has 2 atom stereocenters. The molecule has 0 aromatic carbocycles. The molecule has 0 saturated heterocycles. The van der Waals surface area contributed by atoms with E-state index in [0.29, 0.717) is 12.1 Å². The predicted octanol–water partition coefficient (Wildman–Crippen LogP) is 5.82. The van der Waals surface area contributed by atoms with E-state index in [2.05, 4.69) is 51.5 Å². The number of halogens is 8. The maximum Gasteiger partial charge on any atom is 0.409 e. The first-order valence-electron chi connectivity index (χ1n) is 10.7. The van der Waals surface area contributed by atoms with Crippen molar-refractivity contribution in [3.63, 3.8) is 0 Å². The third-order valence-electron chi connectivity index (χ3n) is 5.12. The minimum Gasteiger partial charge on any atom is -0.381 e. The Morgan fingerprint density at radius 3 is 1.30 bits per heavy atom. The fourth-order valence-electron chi connectivity index (χ4n) is 2.69. The standard InChI is InChI=1S/2C12H10BrF3N2O2/c2*1-11(20,6-13)9(19)4-7-3-8(12(14,15)16)10(17-2)18-5-7/h2*3,5,20H,4,6H2,1H3/t2*11-/m00/s1. The zero-order valence-corrected chi connectivity index (χ0v) is 23.8. The zero-order valence-electron chi connectivity index (χ0n) is 20.7. The number of Topliss-reactive ketones (excluding diaryl/α,β-unsaturated/α-hetero) is 2. The molecular formula is C24H20Br2F6N4O4. The molecule has 0 aliphatic carbocycles. The topological polar surface area (TPSA) is 109 Å². The van der Waals surface area contributed by atoms with E-state index in [9.17, 15) is 46.1 Å². The first kappa shape index (κ1) is 35.1. The molecule has 0 fully saturated rings. The van der Waals surface area contributed by atoms with Crippen molar-refractivity contribution in [1.82, 2.24) is 9.97 Å². The Bertz CT molecular complexity index is 1230. The maximum absolute atomic E-state index is 12.7. The van der Waals surface area contributed by atoms with Crippen LogP contribution in [0.15, 0.2) is 24.5 Å². The molecule has 0 amide bonds. The molecular weight excluding hydrogens is 682 g/mol. The van der Waals surface area contributed by atoms with E-state index >= 15 is 0 Å². The molecule has 0 bridgehead atoms. The first-order valence-corrected chi connectivity index (χ1v) is 13.0. The summed E-state index contributed by atoms with van der Waals surface area (Å²) in [6.45, 7) is 15.8. The number of aliphatic hydroxyl groups is 2. The van der Waals surface area contributed by atoms with E-state index < -0.39 is 70.7 Å². The minimum absolute atomic E-state index is 0.00375. The molecule has 2 N–H and O–H groups in total. The summed E-state index contributed by atoms with van der Waals surface area (Å²) in [5.74, 6) is -2.80. The van der Waals surface area contributed by atoms with Gasteiger partial charge in [-0.2, -0.15) is 26.3 Å². The van der Waals surface area contributed by atoms with Crippen LogP contribution in [0, 0.1) is 13.1 Å². The summed E-state index contributed by atoms with van der Waals surface area (Å²) in [7, 11) is 0. The number of carbonyl (C=O) groups is 2. The summed E-state index contributed by atoms with van der Waals surface area (Å²) in [4.78, 5) is 35.7. The van der Waals surface area contributed by atoms with Crippen LogP contribution in [0.3, 0.4) is 0 Å². The third kappa shape index (κ3) is 9.62. The smallest absolute Gasteiger partial charge is 0.381 e. The van der Waals surface area contributed by atoms with Gasteiger partial charge in [-0.1, -0.05) is 57.1 Å². The van der Waals surface area contributed by atoms with E-state index in [4.69, 9.17) is 13.1 Å². The fraction of sp³-hybridized carbons (Fsp3) is 0.417. The van der Waals surface area contributed by atoms with Gasteiger partial charge in [-0.25, -0.2) is 0 Å². The van der Waals surface area contributed by atoms with Gasteiger partial charge >= 0.3 is 12.4 Å². The molecule has 216 valence electrons. The van der Waals surface area contributed by atoms with Crippen molar-refractivity contribution in [1.29, 1.82) is 0 Å². The number of nitrogens with zero attached hydrogens (tertiary/aromatic N) is 4. The summed E-state index contributed by atoms with van der Waals surface area (Å²) in [5, 5.41) is 19.3. The SMILES string of the molecule is [C-]#[N+]c1ncc(CC(=O)[C@@](C)(O)CBr)cc1C(F)(F)F.[C-]#[N+]c1ncc(CC(=O)[C@@](C)(O)CBr)cc1C(F)(F)F. The number of aromatic nitrogens is 2. The average molecular weight is 702 g/mol. The van der Waals surface area contributed by atoms with Crippen LogP contribution in [-0.2, 0) is 34.8 Å². The number of carbonyl (C=O) groups excluding carboxylic acids is 2. The highest BCUT2D eigenvalue weighted by Gasteiger charge is 2.37. The molecule has 2 aromatic heterocycles. The van der Waals surface area contributed by atoms with Crippen molar-refractivity contribution in [2.75, 3.05) is 10.7 Å². The van der Waals surface area contributed by atoms with Crippen LogP contribution < -0.4 is 0 Å². The van der Waals surface area contributed by atoms with E-state index in [1.54, 1.807) is 0 Å². The van der Waals surface area contributed by atoms with Gasteiger partial charge in [0.2, 0.25) is 0 Å². The van der Waals surface area contributed by atoms with Crippen molar-refractivity contribution >= 4 is 55.1 Å². The summed E-state index contributed by atoms with van der Waals surface area (Å²) in [5.41, 5.74) is -5.72. The van der Waals surface area contributed by atoms with Crippen molar-refractivity contribution < 1.29 is 46.1 Å². The van der Waals surface area contributed by atoms with Crippen LogP contribution in [0.4, 0.5) is 38.0 Å². The first-order chi connectivity index (χ1) is 18.2. The summed E-state index contributed by atoms with van der Waals surface area (Å²) in [6.07, 6.45) is -8.16. The molecule has 2 rings (SSSR count). The van der Waals surface area contributed by atoms with Gasteiger partial charge in [0.15, 0.2) is 11.6 Å². The van der Waals surface area contributed by atoms with Crippen LogP contribution >= 0.6 is 31.9 Å². The molecule has 0 unspecified atom stereocenters. The second-order valence-corrected chi connectivity index (χ2v) is 9.78. The Balaban J connectivity index is 0.000000400. The fourth-order valence-corrected chi connectivity index (χ4v) is 3.32. The number of rotatable bonds is 8. The van der Waals surface area contributed by atoms with Gasteiger partial charge in [-0.3, -0.25) is 9.59 Å². The Kier molecular flexibility index (Phi) is 12.0. The van der Waals surface area contributed by atoms with Crippen LogP contribution in [0.1, 0.15) is 36.1 Å². The van der Waals surface area contributed by atoms with Crippen molar-refractivity contribution in [3.05, 3.63) is 69.6 Å². The zero-order chi connectivity index (χ0) is 31.1. The molecule has 0 radical (unpaired) electrons. The number of pyridine rings is 2. The quantitative estimate of drug-likeness (QED) is 0.204. The molecule has 0 spiro atoms. The number of alkyl halides is 8. The van der Waals surface area contributed by atoms with Crippen LogP contribution in [0.25, 0.3) is 9.69 Å². The largest absolute Gasteiger partial charge is 0.409 e. The summed E-state index contributed by atoms with van der Waals surface area (Å²) in [6, 6.07) is 1.42. The molecule has 16 heteroatoms. The lowest BCUT2D eigenvalue weighted by Gasteiger charge is -2.18. The van der Waals surface area contributed by atoms with Gasteiger partial charge in [0, 0.05) is 34.6 Å². The third-order valence-corrected chi connectivity index (χ3v) is 7.30. The van der Waals surface area contributed by atoms with Gasteiger partial charge in [0.25, 0.3) is 11.6 Å². The Morgan fingerprint density at radius 1 is 0.775 bits per heavy atom. The maximum atomic E-state index is 12.7. The lowest BCUT2D eigenvalue weighted by atomic mass is 9.97. The van der Waals surface area contributed by atoms with Crippen molar-refractivity contribution in [2.24, 2.45) is 0 Å². The van der Waals surface area contributed by atoms with E-state index in [1.165, 1.54) is 13.8 Å². The summed E-state index contributed by atoms with van der Waals surface area (Å²) < 4.78 is 76.4. The molecule has 2 heterocycles. The molecule has 2 aromatic rings. The predicted molar refractivity (Wildman–Crippen MR) is 137 cm³/mol. The lowest BCUT2D eigenvalue weighted by molar-refractivity contribution is -0.138. The second-order valence-electron chi connectivity index (χ2n) is 8.66.